The summed E-state index contributed by atoms with van der Waals surface area (Å²) >= 11 is 0. The van der Waals surface area contributed by atoms with Gasteiger partial charge in [-0.05, 0) is 68.7 Å². The van der Waals surface area contributed by atoms with Crippen molar-refractivity contribution in [2.75, 3.05) is 30.3 Å². The highest BCUT2D eigenvalue weighted by Crippen LogP contribution is 2.28. The maximum atomic E-state index is 12.7. The summed E-state index contributed by atoms with van der Waals surface area (Å²) in [7, 11) is 0. The van der Waals surface area contributed by atoms with Gasteiger partial charge in [0.15, 0.2) is 0 Å². The number of hydrogen-bond donors (Lipinski definition) is 4. The summed E-state index contributed by atoms with van der Waals surface area (Å²) < 4.78 is 0. The molecule has 1 aromatic rings. The molecule has 2 saturated carbocycles. The Morgan fingerprint density at radius 3 is 2.23 bits per heavy atom. The average Bonchev–Trinajstić information content (AvgIpc) is 3.48. The lowest BCUT2D eigenvalue weighted by Gasteiger charge is -2.32. The first-order valence-electron chi connectivity index (χ1n) is 11.6. The molecule has 0 bridgehead atoms. The summed E-state index contributed by atoms with van der Waals surface area (Å²) in [6.07, 6.45) is 8.48. The normalized spacial score (nSPS) is 21.4. The Hall–Kier alpha value is -2.77. The predicted molar refractivity (Wildman–Crippen MR) is 120 cm³/mol. The van der Waals surface area contributed by atoms with Gasteiger partial charge in [0.05, 0.1) is 5.92 Å². The summed E-state index contributed by atoms with van der Waals surface area (Å²) in [6.45, 7) is 1.86. The van der Waals surface area contributed by atoms with Crippen molar-refractivity contribution in [3.8, 4) is 0 Å². The molecule has 3 fully saturated rings. The summed E-state index contributed by atoms with van der Waals surface area (Å²) in [6, 6.07) is 6.97. The van der Waals surface area contributed by atoms with Crippen LogP contribution in [0.25, 0.3) is 0 Å². The second-order valence-electron chi connectivity index (χ2n) is 9.06. The third kappa shape index (κ3) is 6.35. The third-order valence-electron chi connectivity index (χ3n) is 6.43. The second-order valence-corrected chi connectivity index (χ2v) is 9.06. The molecule has 1 aliphatic heterocycles. The van der Waals surface area contributed by atoms with Gasteiger partial charge < -0.3 is 26.2 Å². The molecule has 4 N–H and O–H groups in total. The monoisotopic (exact) mass is 427 g/mol. The first kappa shape index (κ1) is 21.5. The van der Waals surface area contributed by atoms with Crippen molar-refractivity contribution >= 4 is 29.3 Å². The summed E-state index contributed by atoms with van der Waals surface area (Å²) in [5, 5.41) is 11.8. The Kier molecular flexibility index (Phi) is 6.94. The zero-order valence-corrected chi connectivity index (χ0v) is 18.0. The Balaban J connectivity index is 1.22. The molecule has 2 aliphatic carbocycles. The molecule has 1 aromatic carbocycles. The smallest absolute Gasteiger partial charge is 0.321 e. The van der Waals surface area contributed by atoms with Crippen molar-refractivity contribution in [2.24, 2.45) is 11.8 Å². The zero-order valence-electron chi connectivity index (χ0n) is 18.0. The lowest BCUT2D eigenvalue weighted by Crippen LogP contribution is -2.47. The van der Waals surface area contributed by atoms with Crippen LogP contribution < -0.4 is 21.3 Å². The molecule has 0 radical (unpaired) electrons. The molecule has 1 saturated heterocycles. The van der Waals surface area contributed by atoms with Crippen molar-refractivity contribution < 1.29 is 14.4 Å². The van der Waals surface area contributed by atoms with Crippen LogP contribution in [0.3, 0.4) is 0 Å². The van der Waals surface area contributed by atoms with Crippen LogP contribution in [0.4, 0.5) is 21.0 Å². The highest BCUT2D eigenvalue weighted by Gasteiger charge is 2.30. The Labute approximate surface area is 183 Å². The number of amides is 5. The Morgan fingerprint density at radius 1 is 0.871 bits per heavy atom. The van der Waals surface area contributed by atoms with Crippen LogP contribution in [-0.4, -0.2) is 48.5 Å². The third-order valence-corrected chi connectivity index (χ3v) is 6.43. The number of rotatable bonds is 6. The minimum absolute atomic E-state index is 0.0655. The van der Waals surface area contributed by atoms with Gasteiger partial charge in [0.25, 0.3) is 0 Å². The van der Waals surface area contributed by atoms with Crippen LogP contribution in [-0.2, 0) is 4.79 Å². The minimum Gasteiger partial charge on any atom is -0.356 e. The van der Waals surface area contributed by atoms with Crippen LogP contribution in [0.15, 0.2) is 24.3 Å². The molecule has 1 heterocycles. The first-order valence-corrected chi connectivity index (χ1v) is 11.6. The van der Waals surface area contributed by atoms with E-state index in [-0.39, 0.29) is 29.9 Å². The van der Waals surface area contributed by atoms with E-state index in [0.29, 0.717) is 30.4 Å². The quantitative estimate of drug-likeness (QED) is 0.558. The van der Waals surface area contributed by atoms with Gasteiger partial charge in [-0.1, -0.05) is 12.8 Å². The first-order chi connectivity index (χ1) is 15.1. The van der Waals surface area contributed by atoms with Crippen LogP contribution in [0.1, 0.15) is 51.4 Å². The topological polar surface area (TPSA) is 103 Å². The lowest BCUT2D eigenvalue weighted by atomic mass is 9.97. The van der Waals surface area contributed by atoms with Crippen molar-refractivity contribution in [2.45, 2.75) is 57.4 Å². The number of benzene rings is 1. The van der Waals surface area contributed by atoms with Crippen LogP contribution in [0.2, 0.25) is 0 Å². The molecule has 1 atom stereocenters. The van der Waals surface area contributed by atoms with Crippen LogP contribution in [0.5, 0.6) is 0 Å². The molecule has 0 spiro atoms. The number of carbonyl (C=O) groups is 3. The average molecular weight is 428 g/mol. The molecular formula is C23H33N5O3. The molecule has 0 aromatic heterocycles. The van der Waals surface area contributed by atoms with Crippen LogP contribution in [0, 0.1) is 11.8 Å². The molecule has 0 unspecified atom stereocenters. The molecule has 8 heteroatoms. The largest absolute Gasteiger partial charge is 0.356 e. The number of nitrogens with zero attached hydrogens (tertiary/aromatic N) is 1. The van der Waals surface area contributed by atoms with E-state index >= 15 is 0 Å². The molecule has 4 rings (SSSR count). The van der Waals surface area contributed by atoms with Gasteiger partial charge in [-0.25, -0.2) is 9.59 Å². The maximum absolute atomic E-state index is 12.7. The van der Waals surface area contributed by atoms with Crippen molar-refractivity contribution in [3.63, 3.8) is 0 Å². The van der Waals surface area contributed by atoms with Gasteiger partial charge in [0.2, 0.25) is 5.91 Å². The van der Waals surface area contributed by atoms with Crippen molar-refractivity contribution in [1.29, 1.82) is 0 Å². The summed E-state index contributed by atoms with van der Waals surface area (Å²) in [4.78, 5) is 38.8. The molecule has 168 valence electrons. The SMILES string of the molecule is O=C(Nc1ccc(NC(=O)N2CCC[C@H](C(=O)NCC3CC3)C2)cc1)NC1CCCC1. The van der Waals surface area contributed by atoms with E-state index in [4.69, 9.17) is 0 Å². The van der Waals surface area contributed by atoms with E-state index in [1.165, 1.54) is 25.7 Å². The van der Waals surface area contributed by atoms with Gasteiger partial charge in [0, 0.05) is 37.1 Å². The van der Waals surface area contributed by atoms with Gasteiger partial charge >= 0.3 is 12.1 Å². The molecule has 8 nitrogen and oxygen atoms in total. The van der Waals surface area contributed by atoms with E-state index in [2.05, 4.69) is 21.3 Å². The zero-order chi connectivity index (χ0) is 21.6. The number of nitrogens with one attached hydrogen (secondary N) is 4. The molecular weight excluding hydrogens is 394 g/mol. The highest BCUT2D eigenvalue weighted by molar-refractivity contribution is 5.92. The van der Waals surface area contributed by atoms with E-state index in [1.54, 1.807) is 29.2 Å². The number of anilines is 2. The van der Waals surface area contributed by atoms with Crippen LogP contribution >= 0.6 is 0 Å². The fraction of sp³-hybridized carbons (Fsp3) is 0.609. The fourth-order valence-corrected chi connectivity index (χ4v) is 4.35. The van der Waals surface area contributed by atoms with Crippen molar-refractivity contribution in [1.82, 2.24) is 15.5 Å². The number of likely N-dealkylation sites (tertiary alicyclic amines) is 1. The number of urea groups is 2. The minimum atomic E-state index is -0.195. The van der Waals surface area contributed by atoms with Gasteiger partial charge in [-0.15, -0.1) is 0 Å². The standard InChI is InChI=1S/C23H33N5O3/c29-21(24-14-16-7-8-16)17-4-3-13-28(15-17)23(31)27-20-11-9-19(10-12-20)26-22(30)25-18-5-1-2-6-18/h9-12,16-18H,1-8,13-15H2,(H,24,29)(H,27,31)(H2,25,26,30)/t17-/m0/s1. The van der Waals surface area contributed by atoms with E-state index in [1.807, 2.05) is 0 Å². The van der Waals surface area contributed by atoms with Crippen molar-refractivity contribution in [3.05, 3.63) is 24.3 Å². The maximum Gasteiger partial charge on any atom is 0.321 e. The van der Waals surface area contributed by atoms with Gasteiger partial charge in [0.1, 0.15) is 0 Å². The van der Waals surface area contributed by atoms with Gasteiger partial charge in [-0.3, -0.25) is 4.79 Å². The van der Waals surface area contributed by atoms with E-state index in [9.17, 15) is 14.4 Å². The van der Waals surface area contributed by atoms with Gasteiger partial charge in [-0.2, -0.15) is 0 Å². The number of carbonyl (C=O) groups excluding carboxylic acids is 3. The predicted octanol–water partition coefficient (Wildman–Crippen LogP) is 3.52. The molecule has 31 heavy (non-hydrogen) atoms. The molecule has 3 aliphatic rings. The van der Waals surface area contributed by atoms with E-state index < -0.39 is 0 Å². The second kappa shape index (κ2) is 10.0. The summed E-state index contributed by atoms with van der Waals surface area (Å²) in [5.41, 5.74) is 1.34. The lowest BCUT2D eigenvalue weighted by molar-refractivity contribution is -0.126. The molecule has 5 amide bonds. The summed E-state index contributed by atoms with van der Waals surface area (Å²) in [5.74, 6) is 0.581. The number of piperidine rings is 1. The Bertz CT molecular complexity index is 787. The van der Waals surface area contributed by atoms with E-state index in [0.717, 1.165) is 32.2 Å². The highest BCUT2D eigenvalue weighted by atomic mass is 16.2. The number of hydrogen-bond acceptors (Lipinski definition) is 3. The Morgan fingerprint density at radius 2 is 1.55 bits per heavy atom. The fourth-order valence-electron chi connectivity index (χ4n) is 4.35.